The van der Waals surface area contributed by atoms with Crippen molar-refractivity contribution in [2.45, 2.75) is 18.0 Å². The second kappa shape index (κ2) is 7.01. The summed E-state index contributed by atoms with van der Waals surface area (Å²) in [7, 11) is -3.79. The molecule has 2 aromatic rings. The summed E-state index contributed by atoms with van der Waals surface area (Å²) < 4.78 is 66.2. The van der Waals surface area contributed by atoms with Crippen LogP contribution in [0.4, 0.5) is 13.2 Å². The molecule has 6 nitrogen and oxygen atoms in total. The van der Waals surface area contributed by atoms with Gasteiger partial charge < -0.3 is 0 Å². The van der Waals surface area contributed by atoms with E-state index in [-0.39, 0.29) is 31.1 Å². The van der Waals surface area contributed by atoms with Crippen molar-refractivity contribution in [1.29, 1.82) is 0 Å². The van der Waals surface area contributed by atoms with E-state index < -0.39 is 22.7 Å². The van der Waals surface area contributed by atoms with E-state index in [0.717, 1.165) is 0 Å². The number of aryl methyl sites for hydroxylation is 1. The van der Waals surface area contributed by atoms with Crippen LogP contribution in [0, 0.1) is 6.92 Å². The molecule has 1 aliphatic heterocycles. The van der Waals surface area contributed by atoms with Crippen molar-refractivity contribution < 1.29 is 21.6 Å². The van der Waals surface area contributed by atoms with E-state index in [1.165, 1.54) is 9.21 Å². The standard InChI is InChI=1S/C16H19F3N4O2S/c1-13-3-4-14(23-6-2-5-20-23)11-15(13)26(24,25)22-9-7-21(8-10-22)12-16(17,18)19/h2-6,11H,7-10,12H2,1H3. The summed E-state index contributed by atoms with van der Waals surface area (Å²) in [4.78, 5) is 1.37. The number of hydrogen-bond donors (Lipinski definition) is 0. The molecule has 0 unspecified atom stereocenters. The smallest absolute Gasteiger partial charge is 0.292 e. The van der Waals surface area contributed by atoms with Gasteiger partial charge in [-0.05, 0) is 30.7 Å². The molecule has 0 radical (unpaired) electrons. The summed E-state index contributed by atoms with van der Waals surface area (Å²) in [5.41, 5.74) is 1.19. The predicted molar refractivity (Wildman–Crippen MR) is 89.6 cm³/mol. The number of rotatable bonds is 4. The van der Waals surface area contributed by atoms with Crippen LogP contribution in [0.2, 0.25) is 0 Å². The maximum atomic E-state index is 13.0. The Bertz CT molecular complexity index is 858. The number of alkyl halides is 3. The van der Waals surface area contributed by atoms with Crippen LogP contribution in [-0.2, 0) is 10.0 Å². The largest absolute Gasteiger partial charge is 0.401 e. The lowest BCUT2D eigenvalue weighted by atomic mass is 10.2. The Morgan fingerprint density at radius 3 is 2.42 bits per heavy atom. The number of sulfonamides is 1. The first-order chi connectivity index (χ1) is 12.2. The first kappa shape index (κ1) is 18.9. The summed E-state index contributed by atoms with van der Waals surface area (Å²) >= 11 is 0. The third-order valence-corrected chi connectivity index (χ3v) is 6.33. The minimum Gasteiger partial charge on any atom is -0.292 e. The highest BCUT2D eigenvalue weighted by atomic mass is 32.2. The highest BCUT2D eigenvalue weighted by Gasteiger charge is 2.35. The van der Waals surface area contributed by atoms with E-state index in [4.69, 9.17) is 0 Å². The van der Waals surface area contributed by atoms with Crippen LogP contribution in [0.5, 0.6) is 0 Å². The molecule has 10 heteroatoms. The fraction of sp³-hybridized carbons (Fsp3) is 0.438. The van der Waals surface area contributed by atoms with Gasteiger partial charge in [0.05, 0.1) is 17.1 Å². The van der Waals surface area contributed by atoms with Crippen molar-refractivity contribution in [3.05, 3.63) is 42.2 Å². The highest BCUT2D eigenvalue weighted by Crippen LogP contribution is 2.25. The zero-order valence-corrected chi connectivity index (χ0v) is 15.0. The average molecular weight is 388 g/mol. The van der Waals surface area contributed by atoms with Crippen LogP contribution in [0.25, 0.3) is 5.69 Å². The summed E-state index contributed by atoms with van der Waals surface area (Å²) in [5.74, 6) is 0. The predicted octanol–water partition coefficient (Wildman–Crippen LogP) is 2.05. The molecule has 26 heavy (non-hydrogen) atoms. The zero-order valence-electron chi connectivity index (χ0n) is 14.1. The van der Waals surface area contributed by atoms with Gasteiger partial charge in [-0.3, -0.25) is 4.90 Å². The Labute approximate surface area is 149 Å². The minimum atomic E-state index is -4.28. The highest BCUT2D eigenvalue weighted by molar-refractivity contribution is 7.89. The molecule has 0 aliphatic carbocycles. The Morgan fingerprint density at radius 2 is 1.85 bits per heavy atom. The SMILES string of the molecule is Cc1ccc(-n2cccn2)cc1S(=O)(=O)N1CCN(CC(F)(F)F)CC1. The Balaban J connectivity index is 1.80. The Hall–Kier alpha value is -1.91. The van der Waals surface area contributed by atoms with Gasteiger partial charge in [0.2, 0.25) is 10.0 Å². The van der Waals surface area contributed by atoms with Gasteiger partial charge in [0.25, 0.3) is 0 Å². The van der Waals surface area contributed by atoms with E-state index in [9.17, 15) is 21.6 Å². The number of aromatic nitrogens is 2. The topological polar surface area (TPSA) is 58.4 Å². The van der Waals surface area contributed by atoms with Gasteiger partial charge >= 0.3 is 6.18 Å². The number of piperazine rings is 1. The summed E-state index contributed by atoms with van der Waals surface area (Å²) in [6, 6.07) is 6.74. The van der Waals surface area contributed by atoms with Crippen LogP contribution in [-0.4, -0.2) is 66.3 Å². The van der Waals surface area contributed by atoms with E-state index in [1.807, 2.05) is 0 Å². The molecule has 1 fully saturated rings. The van der Waals surface area contributed by atoms with Crippen molar-refractivity contribution in [3.8, 4) is 5.69 Å². The molecule has 142 valence electrons. The fourth-order valence-corrected chi connectivity index (χ4v) is 4.62. The van der Waals surface area contributed by atoms with Crippen molar-refractivity contribution in [2.75, 3.05) is 32.7 Å². The molecule has 0 N–H and O–H groups in total. The number of nitrogens with zero attached hydrogens (tertiary/aromatic N) is 4. The molecule has 0 atom stereocenters. The minimum absolute atomic E-state index is 0.0316. The van der Waals surface area contributed by atoms with Gasteiger partial charge in [0.15, 0.2) is 0 Å². The number of halogens is 3. The monoisotopic (exact) mass is 388 g/mol. The first-order valence-corrected chi connectivity index (χ1v) is 9.51. The molecule has 0 saturated carbocycles. The molecule has 2 heterocycles. The molecular weight excluding hydrogens is 369 g/mol. The van der Waals surface area contributed by atoms with Crippen molar-refractivity contribution in [1.82, 2.24) is 19.0 Å². The second-order valence-corrected chi connectivity index (χ2v) is 8.10. The lowest BCUT2D eigenvalue weighted by molar-refractivity contribution is -0.148. The number of hydrogen-bond acceptors (Lipinski definition) is 4. The number of benzene rings is 1. The maximum absolute atomic E-state index is 13.0. The van der Waals surface area contributed by atoms with Crippen LogP contribution in [0.3, 0.4) is 0 Å². The fourth-order valence-electron chi connectivity index (χ4n) is 2.95. The molecule has 1 aromatic heterocycles. The molecule has 1 aromatic carbocycles. The van der Waals surface area contributed by atoms with E-state index in [0.29, 0.717) is 11.3 Å². The lowest BCUT2D eigenvalue weighted by Crippen LogP contribution is -2.50. The third-order valence-electron chi connectivity index (χ3n) is 4.29. The first-order valence-electron chi connectivity index (χ1n) is 8.07. The second-order valence-electron chi connectivity index (χ2n) is 6.20. The molecule has 3 rings (SSSR count). The summed E-state index contributed by atoms with van der Waals surface area (Å²) in [6.07, 6.45) is -0.986. The average Bonchev–Trinajstić information content (AvgIpc) is 3.08. The molecule has 0 amide bonds. The molecule has 0 bridgehead atoms. The molecule has 0 spiro atoms. The zero-order chi connectivity index (χ0) is 18.9. The van der Waals surface area contributed by atoms with Crippen molar-refractivity contribution >= 4 is 10.0 Å². The molecular formula is C16H19F3N4O2S. The Morgan fingerprint density at radius 1 is 1.15 bits per heavy atom. The van der Waals surface area contributed by atoms with Gasteiger partial charge in [-0.1, -0.05) is 6.07 Å². The van der Waals surface area contributed by atoms with Crippen LogP contribution in [0.15, 0.2) is 41.6 Å². The third kappa shape index (κ3) is 4.08. The van der Waals surface area contributed by atoms with Crippen LogP contribution < -0.4 is 0 Å². The van der Waals surface area contributed by atoms with Gasteiger partial charge in [0.1, 0.15) is 0 Å². The van der Waals surface area contributed by atoms with Gasteiger partial charge in [-0.15, -0.1) is 0 Å². The lowest BCUT2D eigenvalue weighted by Gasteiger charge is -2.34. The molecule has 1 saturated heterocycles. The van der Waals surface area contributed by atoms with Gasteiger partial charge in [-0.25, -0.2) is 13.1 Å². The van der Waals surface area contributed by atoms with E-state index in [2.05, 4.69) is 5.10 Å². The van der Waals surface area contributed by atoms with Crippen molar-refractivity contribution in [2.24, 2.45) is 0 Å². The molecule has 1 aliphatic rings. The van der Waals surface area contributed by atoms with Crippen LogP contribution >= 0.6 is 0 Å². The summed E-state index contributed by atoms with van der Waals surface area (Å²) in [6.45, 7) is 0.843. The normalized spacial score (nSPS) is 17.5. The quantitative estimate of drug-likeness (QED) is 0.805. The summed E-state index contributed by atoms with van der Waals surface area (Å²) in [5, 5.41) is 4.09. The van der Waals surface area contributed by atoms with E-state index >= 15 is 0 Å². The maximum Gasteiger partial charge on any atom is 0.401 e. The van der Waals surface area contributed by atoms with Gasteiger partial charge in [0, 0.05) is 38.6 Å². The van der Waals surface area contributed by atoms with E-state index in [1.54, 1.807) is 48.3 Å². The van der Waals surface area contributed by atoms with Crippen molar-refractivity contribution in [3.63, 3.8) is 0 Å². The Kier molecular flexibility index (Phi) is 5.09. The van der Waals surface area contributed by atoms with Gasteiger partial charge in [-0.2, -0.15) is 22.6 Å². The van der Waals surface area contributed by atoms with Crippen LogP contribution in [0.1, 0.15) is 5.56 Å².